The number of thiophene rings is 1. The number of nitrogens with two attached hydrogens (primary N) is 1. The Kier molecular flexibility index (Phi) is 5.96. The third kappa shape index (κ3) is 4.02. The second-order valence-electron chi connectivity index (χ2n) is 4.73. The summed E-state index contributed by atoms with van der Waals surface area (Å²) in [7, 11) is 0. The van der Waals surface area contributed by atoms with Crippen molar-refractivity contribution in [2.45, 2.75) is 37.5 Å². The summed E-state index contributed by atoms with van der Waals surface area (Å²) in [6, 6.07) is 2.19. The number of hydrogen-bond donors (Lipinski definition) is 2. The highest BCUT2D eigenvalue weighted by Gasteiger charge is 2.26. The number of carbonyl (C=O) groups excluding carboxylic acids is 1. The van der Waals surface area contributed by atoms with E-state index in [1.54, 1.807) is 0 Å². The summed E-state index contributed by atoms with van der Waals surface area (Å²) in [4.78, 5) is 13.0. The van der Waals surface area contributed by atoms with Crippen molar-refractivity contribution in [3.63, 3.8) is 0 Å². The predicted molar refractivity (Wildman–Crippen MR) is 87.3 cm³/mol. The van der Waals surface area contributed by atoms with E-state index in [9.17, 15) is 4.79 Å². The lowest BCUT2D eigenvalue weighted by molar-refractivity contribution is 0.0942. The van der Waals surface area contributed by atoms with Crippen LogP contribution in [0.3, 0.4) is 0 Å². The zero-order valence-corrected chi connectivity index (χ0v) is 13.3. The highest BCUT2D eigenvalue weighted by molar-refractivity contribution is 7.99. The zero-order chi connectivity index (χ0) is 14.4. The van der Waals surface area contributed by atoms with E-state index in [1.807, 2.05) is 23.2 Å². The van der Waals surface area contributed by atoms with Gasteiger partial charge in [0.25, 0.3) is 5.91 Å². The molecule has 2 atom stereocenters. The average Bonchev–Trinajstić information content (AvgIpc) is 3.06. The van der Waals surface area contributed by atoms with Crippen LogP contribution in [0.1, 0.15) is 41.4 Å². The lowest BCUT2D eigenvalue weighted by Gasteiger charge is -2.12. The van der Waals surface area contributed by atoms with Crippen LogP contribution in [0.2, 0.25) is 0 Å². The van der Waals surface area contributed by atoms with Crippen LogP contribution in [-0.4, -0.2) is 29.5 Å². The fraction of sp³-hybridized carbons (Fsp3) is 0.533. The molecule has 1 saturated carbocycles. The third-order valence-electron chi connectivity index (χ3n) is 3.32. The van der Waals surface area contributed by atoms with E-state index in [4.69, 9.17) is 5.73 Å². The second-order valence-corrected chi connectivity index (χ2v) is 7.22. The number of hydrogen-bond acceptors (Lipinski definition) is 4. The van der Waals surface area contributed by atoms with Gasteiger partial charge in [-0.2, -0.15) is 11.8 Å². The maximum Gasteiger partial charge on any atom is 0.262 e. The van der Waals surface area contributed by atoms with Crippen LogP contribution in [0.25, 0.3) is 0 Å². The number of amides is 1. The summed E-state index contributed by atoms with van der Waals surface area (Å²) < 4.78 is 0. The summed E-state index contributed by atoms with van der Waals surface area (Å²) >= 11 is 3.44. The topological polar surface area (TPSA) is 55.1 Å². The Morgan fingerprint density at radius 3 is 3.20 bits per heavy atom. The summed E-state index contributed by atoms with van der Waals surface area (Å²) in [6.07, 6.45) is 3.37. The van der Waals surface area contributed by atoms with Crippen LogP contribution in [0.15, 0.2) is 11.4 Å². The molecule has 1 aliphatic carbocycles. The predicted octanol–water partition coefficient (Wildman–Crippen LogP) is 2.46. The Hall–Kier alpha value is -0.960. The minimum atomic E-state index is 0.00784. The Labute approximate surface area is 128 Å². The van der Waals surface area contributed by atoms with Crippen LogP contribution in [0.4, 0.5) is 0 Å². The smallest absolute Gasteiger partial charge is 0.262 e. The van der Waals surface area contributed by atoms with Gasteiger partial charge < -0.3 is 11.1 Å². The van der Waals surface area contributed by atoms with Gasteiger partial charge in [-0.05, 0) is 36.5 Å². The summed E-state index contributed by atoms with van der Waals surface area (Å²) in [5.74, 6) is 6.92. The Balaban J connectivity index is 1.94. The molecule has 1 aliphatic rings. The number of thioether (sulfide) groups is 1. The maximum atomic E-state index is 12.3. The monoisotopic (exact) mass is 308 g/mol. The summed E-state index contributed by atoms with van der Waals surface area (Å²) in [5, 5.41) is 5.75. The SMILES string of the molecule is CCSC1CCC(NC(=O)c2sccc2C#CCN)C1. The van der Waals surface area contributed by atoms with Gasteiger partial charge in [0.15, 0.2) is 0 Å². The van der Waals surface area contributed by atoms with Gasteiger partial charge in [-0.3, -0.25) is 4.79 Å². The first-order chi connectivity index (χ1) is 9.74. The van der Waals surface area contributed by atoms with Crippen molar-refractivity contribution < 1.29 is 4.79 Å². The van der Waals surface area contributed by atoms with Crippen molar-refractivity contribution >= 4 is 29.0 Å². The van der Waals surface area contributed by atoms with Crippen LogP contribution >= 0.6 is 23.1 Å². The van der Waals surface area contributed by atoms with E-state index in [0.717, 1.165) is 24.2 Å². The largest absolute Gasteiger partial charge is 0.349 e. The maximum absolute atomic E-state index is 12.3. The first kappa shape index (κ1) is 15.4. The molecule has 0 spiro atoms. The highest BCUT2D eigenvalue weighted by Crippen LogP contribution is 2.30. The van der Waals surface area contributed by atoms with E-state index in [2.05, 4.69) is 24.1 Å². The Morgan fingerprint density at radius 2 is 2.45 bits per heavy atom. The number of nitrogens with one attached hydrogen (secondary N) is 1. The Bertz CT molecular complexity index is 515. The molecule has 0 aromatic carbocycles. The normalized spacial score (nSPS) is 21.3. The molecule has 108 valence electrons. The van der Waals surface area contributed by atoms with Gasteiger partial charge in [-0.25, -0.2) is 0 Å². The lowest BCUT2D eigenvalue weighted by atomic mass is 10.2. The summed E-state index contributed by atoms with van der Waals surface area (Å²) in [5.41, 5.74) is 6.16. The molecule has 20 heavy (non-hydrogen) atoms. The summed E-state index contributed by atoms with van der Waals surface area (Å²) in [6.45, 7) is 2.50. The highest BCUT2D eigenvalue weighted by atomic mass is 32.2. The minimum Gasteiger partial charge on any atom is -0.349 e. The van der Waals surface area contributed by atoms with E-state index in [0.29, 0.717) is 22.7 Å². The van der Waals surface area contributed by atoms with E-state index >= 15 is 0 Å². The molecule has 3 nitrogen and oxygen atoms in total. The quantitative estimate of drug-likeness (QED) is 0.840. The average molecular weight is 308 g/mol. The van der Waals surface area contributed by atoms with Gasteiger partial charge >= 0.3 is 0 Å². The molecular formula is C15H20N2OS2. The molecule has 0 bridgehead atoms. The van der Waals surface area contributed by atoms with E-state index in [-0.39, 0.29) is 5.91 Å². The van der Waals surface area contributed by atoms with Crippen molar-refractivity contribution in [2.24, 2.45) is 5.73 Å². The molecule has 0 aliphatic heterocycles. The second kappa shape index (κ2) is 7.72. The van der Waals surface area contributed by atoms with Gasteiger partial charge in [0, 0.05) is 16.9 Å². The van der Waals surface area contributed by atoms with Gasteiger partial charge in [-0.1, -0.05) is 18.8 Å². The molecule has 3 N–H and O–H groups in total. The number of carbonyl (C=O) groups is 1. The van der Waals surface area contributed by atoms with Gasteiger partial charge in [0.05, 0.1) is 6.54 Å². The van der Waals surface area contributed by atoms with Crippen molar-refractivity contribution in [3.05, 3.63) is 21.9 Å². The van der Waals surface area contributed by atoms with Crippen LogP contribution in [-0.2, 0) is 0 Å². The first-order valence-corrected chi connectivity index (χ1v) is 8.86. The first-order valence-electron chi connectivity index (χ1n) is 6.93. The van der Waals surface area contributed by atoms with Crippen molar-refractivity contribution in [3.8, 4) is 11.8 Å². The van der Waals surface area contributed by atoms with Crippen LogP contribution < -0.4 is 11.1 Å². The Morgan fingerprint density at radius 1 is 1.60 bits per heavy atom. The lowest BCUT2D eigenvalue weighted by Crippen LogP contribution is -2.33. The third-order valence-corrected chi connectivity index (χ3v) is 5.46. The van der Waals surface area contributed by atoms with Gasteiger partial charge in [0.2, 0.25) is 0 Å². The van der Waals surface area contributed by atoms with Gasteiger partial charge in [0.1, 0.15) is 4.88 Å². The van der Waals surface area contributed by atoms with Gasteiger partial charge in [-0.15, -0.1) is 11.3 Å². The van der Waals surface area contributed by atoms with Crippen molar-refractivity contribution in [1.29, 1.82) is 0 Å². The van der Waals surface area contributed by atoms with Crippen LogP contribution in [0.5, 0.6) is 0 Å². The molecular weight excluding hydrogens is 288 g/mol. The molecule has 0 saturated heterocycles. The number of rotatable bonds is 4. The molecule has 1 fully saturated rings. The fourth-order valence-electron chi connectivity index (χ4n) is 2.44. The molecule has 1 aromatic heterocycles. The molecule has 1 heterocycles. The van der Waals surface area contributed by atoms with E-state index < -0.39 is 0 Å². The molecule has 1 aromatic rings. The standard InChI is InChI=1S/C15H20N2OS2/c1-2-19-13-6-5-12(10-13)17-15(18)14-11(4-3-8-16)7-9-20-14/h7,9,12-13H,2,5-6,8,10,16H2,1H3,(H,17,18). The van der Waals surface area contributed by atoms with Crippen molar-refractivity contribution in [1.82, 2.24) is 5.32 Å². The van der Waals surface area contributed by atoms with Crippen molar-refractivity contribution in [2.75, 3.05) is 12.3 Å². The minimum absolute atomic E-state index is 0.00784. The fourth-order valence-corrected chi connectivity index (χ4v) is 4.33. The van der Waals surface area contributed by atoms with Crippen LogP contribution in [0, 0.1) is 11.8 Å². The molecule has 2 unspecified atom stereocenters. The zero-order valence-electron chi connectivity index (χ0n) is 11.6. The molecule has 1 amide bonds. The molecule has 5 heteroatoms. The molecule has 2 rings (SSSR count). The van der Waals surface area contributed by atoms with E-state index in [1.165, 1.54) is 17.8 Å². The molecule has 0 radical (unpaired) electrons.